The van der Waals surface area contributed by atoms with Crippen LogP contribution in [0.5, 0.6) is 5.75 Å². The minimum Gasteiger partial charge on any atom is -0.448 e. The molecule has 4 rings (SSSR count). The Morgan fingerprint density at radius 1 is 1.21 bits per heavy atom. The van der Waals surface area contributed by atoms with Gasteiger partial charge in [0.15, 0.2) is 0 Å². The summed E-state index contributed by atoms with van der Waals surface area (Å²) in [5.41, 5.74) is 3.96. The van der Waals surface area contributed by atoms with Gasteiger partial charge in [0, 0.05) is 12.8 Å². The number of rotatable bonds is 3. The maximum atomic E-state index is 12.6. The molecule has 0 saturated heterocycles. The zero-order chi connectivity index (χ0) is 19.7. The van der Waals surface area contributed by atoms with Gasteiger partial charge in [-0.1, -0.05) is 29.9 Å². The molecule has 3 unspecified atom stereocenters. The van der Waals surface area contributed by atoms with E-state index in [1.807, 2.05) is 31.2 Å². The summed E-state index contributed by atoms with van der Waals surface area (Å²) in [7, 11) is 1.65. The van der Waals surface area contributed by atoms with Crippen LogP contribution in [0.4, 0.5) is 5.69 Å². The van der Waals surface area contributed by atoms with Crippen LogP contribution >= 0.6 is 0 Å². The third kappa shape index (κ3) is 3.40. The highest BCUT2D eigenvalue weighted by molar-refractivity contribution is 6.11. The van der Waals surface area contributed by atoms with Crippen LogP contribution in [0.25, 0.3) is 0 Å². The lowest BCUT2D eigenvalue weighted by Gasteiger charge is -2.34. The van der Waals surface area contributed by atoms with Crippen molar-refractivity contribution in [3.05, 3.63) is 47.6 Å². The average molecular weight is 379 g/mol. The van der Waals surface area contributed by atoms with Crippen molar-refractivity contribution in [2.45, 2.75) is 39.1 Å². The number of amides is 1. The summed E-state index contributed by atoms with van der Waals surface area (Å²) >= 11 is 0. The molecule has 28 heavy (non-hydrogen) atoms. The number of carbonyl (C=O) groups is 1. The Bertz CT molecular complexity index is 890. The monoisotopic (exact) mass is 379 g/mol. The molecule has 0 bridgehead atoms. The van der Waals surface area contributed by atoms with Crippen molar-refractivity contribution in [2.24, 2.45) is 15.9 Å². The number of benzene rings is 1. The third-order valence-electron chi connectivity index (χ3n) is 5.30. The lowest BCUT2D eigenvalue weighted by Crippen LogP contribution is -2.54. The lowest BCUT2D eigenvalue weighted by atomic mass is 9.82. The van der Waals surface area contributed by atoms with Gasteiger partial charge in [-0.2, -0.15) is 4.99 Å². The number of guanidine groups is 1. The molecule has 7 nitrogen and oxygen atoms in total. The van der Waals surface area contributed by atoms with Crippen LogP contribution in [0.15, 0.2) is 57.5 Å². The molecule has 3 aliphatic rings. The molecule has 7 heteroatoms. The third-order valence-corrected chi connectivity index (χ3v) is 5.30. The first kappa shape index (κ1) is 18.3. The van der Waals surface area contributed by atoms with Crippen molar-refractivity contribution in [2.75, 3.05) is 12.4 Å². The zero-order valence-corrected chi connectivity index (χ0v) is 16.3. The van der Waals surface area contributed by atoms with Gasteiger partial charge in [0.1, 0.15) is 11.7 Å². The summed E-state index contributed by atoms with van der Waals surface area (Å²) in [6.45, 7) is 3.97. The number of carbonyl (C=O) groups excluding carboxylic acids is 1. The number of fused-ring (bicyclic) bond motifs is 1. The predicted octanol–water partition coefficient (Wildman–Crippen LogP) is 2.59. The molecule has 2 aliphatic heterocycles. The van der Waals surface area contributed by atoms with Crippen LogP contribution in [-0.2, 0) is 4.79 Å². The van der Waals surface area contributed by atoms with Gasteiger partial charge < -0.3 is 20.7 Å². The topological polar surface area (TPSA) is 87.1 Å². The molecule has 1 aromatic carbocycles. The maximum Gasteiger partial charge on any atom is 0.271 e. The number of hydrogen-bond donors (Lipinski definition) is 3. The molecule has 1 amide bonds. The van der Waals surface area contributed by atoms with Gasteiger partial charge in [-0.05, 0) is 44.4 Å². The number of nitrogens with one attached hydrogen (secondary N) is 3. The summed E-state index contributed by atoms with van der Waals surface area (Å²) in [6, 6.07) is 7.50. The van der Waals surface area contributed by atoms with Crippen LogP contribution in [0.3, 0.4) is 0 Å². The molecule has 0 aromatic heterocycles. The van der Waals surface area contributed by atoms with E-state index in [1.54, 1.807) is 7.05 Å². The number of hydrogen-bond acceptors (Lipinski definition) is 4. The Kier molecular flexibility index (Phi) is 4.90. The summed E-state index contributed by atoms with van der Waals surface area (Å²) < 4.78 is 5.83. The van der Waals surface area contributed by atoms with E-state index in [1.165, 1.54) is 5.57 Å². The molecule has 0 radical (unpaired) electrons. The fourth-order valence-electron chi connectivity index (χ4n) is 3.88. The number of para-hydroxylation sites is 2. The van der Waals surface area contributed by atoms with Gasteiger partial charge in [0.05, 0.1) is 11.7 Å². The summed E-state index contributed by atoms with van der Waals surface area (Å²) in [5.74, 6) is 0.792. The lowest BCUT2D eigenvalue weighted by molar-refractivity contribution is -0.122. The first-order chi connectivity index (χ1) is 13.6. The predicted molar refractivity (Wildman–Crippen MR) is 111 cm³/mol. The summed E-state index contributed by atoms with van der Waals surface area (Å²) in [5, 5.41) is 9.36. The van der Waals surface area contributed by atoms with E-state index in [-0.39, 0.29) is 17.9 Å². The highest BCUT2D eigenvalue weighted by Crippen LogP contribution is 2.32. The molecule has 0 fully saturated rings. The number of ether oxygens (including phenoxy) is 1. The Labute approximate surface area is 164 Å². The van der Waals surface area contributed by atoms with E-state index in [4.69, 9.17) is 4.74 Å². The van der Waals surface area contributed by atoms with E-state index in [9.17, 15) is 4.79 Å². The van der Waals surface area contributed by atoms with Crippen molar-refractivity contribution in [3.63, 3.8) is 0 Å². The van der Waals surface area contributed by atoms with E-state index >= 15 is 0 Å². The van der Waals surface area contributed by atoms with E-state index in [2.05, 4.69) is 45.0 Å². The minimum atomic E-state index is -0.550. The molecule has 1 aliphatic carbocycles. The summed E-state index contributed by atoms with van der Waals surface area (Å²) in [4.78, 5) is 21.7. The average Bonchev–Trinajstić information content (AvgIpc) is 3.09. The Morgan fingerprint density at radius 3 is 2.75 bits per heavy atom. The standard InChI is InChI=1S/C21H25N5O2/c1-12-8-4-5-9-14(12)18-17(19(27)22-3)13(2)23-20(25-18)26-21-24-15-10-6-7-11-16(15)28-21/h6-11,17-18,21,24H,4-5H2,1-3H3,(H,22,27)(H,25,26). The number of allylic oxidation sites excluding steroid dienone is 2. The largest absolute Gasteiger partial charge is 0.448 e. The first-order valence-electron chi connectivity index (χ1n) is 9.57. The summed E-state index contributed by atoms with van der Waals surface area (Å²) in [6.07, 6.45) is 5.87. The number of nitrogens with zero attached hydrogens (tertiary/aromatic N) is 2. The van der Waals surface area contributed by atoms with Gasteiger partial charge in [-0.3, -0.25) is 4.79 Å². The molecular formula is C21H25N5O2. The van der Waals surface area contributed by atoms with Gasteiger partial charge in [-0.15, -0.1) is 0 Å². The quantitative estimate of drug-likeness (QED) is 0.753. The fraction of sp³-hybridized carbons (Fsp3) is 0.381. The van der Waals surface area contributed by atoms with Gasteiger partial charge >= 0.3 is 0 Å². The minimum absolute atomic E-state index is 0.0558. The Hall–Kier alpha value is -3.09. The second-order valence-electron chi connectivity index (χ2n) is 7.15. The highest BCUT2D eigenvalue weighted by Gasteiger charge is 2.38. The smallest absolute Gasteiger partial charge is 0.271 e. The SMILES string of the molecule is CNC(=O)C1C(C)=NC(=NC2Nc3ccccc3O2)NC1C1=CCCC=C1C. The van der Waals surface area contributed by atoms with Crippen LogP contribution in [0, 0.1) is 5.92 Å². The van der Waals surface area contributed by atoms with Gasteiger partial charge in [0.2, 0.25) is 11.9 Å². The van der Waals surface area contributed by atoms with Crippen molar-refractivity contribution in [1.82, 2.24) is 10.6 Å². The van der Waals surface area contributed by atoms with Crippen LogP contribution in [-0.4, -0.2) is 37.0 Å². The molecule has 2 heterocycles. The van der Waals surface area contributed by atoms with Crippen molar-refractivity contribution < 1.29 is 9.53 Å². The van der Waals surface area contributed by atoms with Crippen LogP contribution in [0.1, 0.15) is 26.7 Å². The molecule has 0 saturated carbocycles. The molecule has 1 aromatic rings. The fourth-order valence-corrected chi connectivity index (χ4v) is 3.88. The molecule has 3 N–H and O–H groups in total. The Morgan fingerprint density at radius 2 is 2.00 bits per heavy atom. The zero-order valence-electron chi connectivity index (χ0n) is 16.3. The molecule has 146 valence electrons. The van der Waals surface area contributed by atoms with Crippen molar-refractivity contribution in [1.29, 1.82) is 0 Å². The van der Waals surface area contributed by atoms with Crippen LogP contribution in [0.2, 0.25) is 0 Å². The molecule has 3 atom stereocenters. The molecular weight excluding hydrogens is 354 g/mol. The normalized spacial score (nSPS) is 27.5. The molecule has 0 spiro atoms. The Balaban J connectivity index is 1.64. The highest BCUT2D eigenvalue weighted by atomic mass is 16.5. The van der Waals surface area contributed by atoms with Crippen molar-refractivity contribution in [3.8, 4) is 5.75 Å². The first-order valence-corrected chi connectivity index (χ1v) is 9.57. The number of anilines is 1. The van der Waals surface area contributed by atoms with Gasteiger partial charge in [0.25, 0.3) is 6.35 Å². The van der Waals surface area contributed by atoms with Gasteiger partial charge in [-0.25, -0.2) is 4.99 Å². The van der Waals surface area contributed by atoms with Crippen molar-refractivity contribution >= 4 is 23.3 Å². The van der Waals surface area contributed by atoms with Crippen LogP contribution < -0.4 is 20.7 Å². The second kappa shape index (κ2) is 7.50. The van der Waals surface area contributed by atoms with E-state index < -0.39 is 6.35 Å². The number of aliphatic imine (C=N–C) groups is 2. The van der Waals surface area contributed by atoms with E-state index in [0.29, 0.717) is 5.96 Å². The van der Waals surface area contributed by atoms with E-state index in [0.717, 1.165) is 35.6 Å². The maximum absolute atomic E-state index is 12.6. The second-order valence-corrected chi connectivity index (χ2v) is 7.15.